The number of hydrogen-bond acceptors (Lipinski definition) is 1. The SMILES string of the molecule is C/C(=C/Cl)CNc1c(F)ccc(C)c1F. The Balaban J connectivity index is 2.89. The van der Waals surface area contributed by atoms with Crippen molar-refractivity contribution < 1.29 is 8.78 Å². The molecule has 1 aromatic rings. The first-order valence-corrected chi connectivity index (χ1v) is 4.94. The average Bonchev–Trinajstić information content (AvgIpc) is 2.23. The molecule has 0 fully saturated rings. The van der Waals surface area contributed by atoms with Crippen LogP contribution in [-0.4, -0.2) is 6.54 Å². The van der Waals surface area contributed by atoms with E-state index < -0.39 is 11.6 Å². The number of aryl methyl sites for hydroxylation is 1. The van der Waals surface area contributed by atoms with E-state index in [1.54, 1.807) is 13.8 Å². The van der Waals surface area contributed by atoms with Gasteiger partial charge in [-0.3, -0.25) is 0 Å². The molecule has 0 aromatic heterocycles. The van der Waals surface area contributed by atoms with Crippen LogP contribution in [-0.2, 0) is 0 Å². The molecule has 1 N–H and O–H groups in total. The van der Waals surface area contributed by atoms with E-state index in [1.807, 2.05) is 0 Å². The Hall–Kier alpha value is -1.09. The Morgan fingerprint density at radius 2 is 2.13 bits per heavy atom. The molecule has 82 valence electrons. The van der Waals surface area contributed by atoms with E-state index in [-0.39, 0.29) is 5.69 Å². The standard InChI is InChI=1S/C11H12ClF2N/c1-7(5-12)6-15-11-9(13)4-3-8(2)10(11)14/h3-5,15H,6H2,1-2H3/b7-5-. The van der Waals surface area contributed by atoms with Crippen LogP contribution >= 0.6 is 11.6 Å². The topological polar surface area (TPSA) is 12.0 Å². The van der Waals surface area contributed by atoms with Crippen LogP contribution in [0.5, 0.6) is 0 Å². The number of anilines is 1. The van der Waals surface area contributed by atoms with E-state index in [0.29, 0.717) is 12.1 Å². The zero-order valence-electron chi connectivity index (χ0n) is 8.57. The Labute approximate surface area is 92.8 Å². The van der Waals surface area contributed by atoms with Crippen LogP contribution in [0.4, 0.5) is 14.5 Å². The van der Waals surface area contributed by atoms with Crippen molar-refractivity contribution in [1.82, 2.24) is 0 Å². The van der Waals surface area contributed by atoms with Gasteiger partial charge < -0.3 is 5.32 Å². The number of nitrogens with one attached hydrogen (secondary N) is 1. The molecule has 0 aliphatic heterocycles. The van der Waals surface area contributed by atoms with E-state index in [9.17, 15) is 8.78 Å². The van der Waals surface area contributed by atoms with Crippen LogP contribution in [0.1, 0.15) is 12.5 Å². The van der Waals surface area contributed by atoms with Crippen molar-refractivity contribution in [2.45, 2.75) is 13.8 Å². The molecule has 0 atom stereocenters. The van der Waals surface area contributed by atoms with Crippen molar-refractivity contribution in [2.75, 3.05) is 11.9 Å². The van der Waals surface area contributed by atoms with Gasteiger partial charge in [-0.25, -0.2) is 8.78 Å². The minimum atomic E-state index is -0.597. The maximum absolute atomic E-state index is 13.5. The first-order valence-electron chi connectivity index (χ1n) is 4.50. The molecule has 0 saturated heterocycles. The molecule has 0 heterocycles. The summed E-state index contributed by atoms with van der Waals surface area (Å²) in [5.74, 6) is -1.15. The van der Waals surface area contributed by atoms with Gasteiger partial charge in [0.25, 0.3) is 0 Å². The summed E-state index contributed by atoms with van der Waals surface area (Å²) in [7, 11) is 0. The Morgan fingerprint density at radius 3 is 2.73 bits per heavy atom. The zero-order chi connectivity index (χ0) is 11.4. The lowest BCUT2D eigenvalue weighted by molar-refractivity contribution is 0.583. The highest BCUT2D eigenvalue weighted by Gasteiger charge is 2.10. The van der Waals surface area contributed by atoms with E-state index >= 15 is 0 Å². The minimum Gasteiger partial charge on any atom is -0.377 e. The van der Waals surface area contributed by atoms with Crippen LogP contribution in [0.2, 0.25) is 0 Å². The van der Waals surface area contributed by atoms with Gasteiger partial charge >= 0.3 is 0 Å². The monoisotopic (exact) mass is 231 g/mol. The van der Waals surface area contributed by atoms with E-state index in [2.05, 4.69) is 5.32 Å². The summed E-state index contributed by atoms with van der Waals surface area (Å²) in [4.78, 5) is 0. The molecule has 0 aliphatic rings. The smallest absolute Gasteiger partial charge is 0.152 e. The molecule has 0 spiro atoms. The number of hydrogen-bond donors (Lipinski definition) is 1. The molecule has 4 heteroatoms. The van der Waals surface area contributed by atoms with Crippen LogP contribution in [0.25, 0.3) is 0 Å². The number of halogens is 3. The van der Waals surface area contributed by atoms with Gasteiger partial charge in [-0.05, 0) is 31.1 Å². The normalized spacial score (nSPS) is 11.7. The second kappa shape index (κ2) is 5.12. The van der Waals surface area contributed by atoms with Gasteiger partial charge in [0.05, 0.1) is 0 Å². The van der Waals surface area contributed by atoms with Crippen molar-refractivity contribution in [3.8, 4) is 0 Å². The molecule has 0 unspecified atom stereocenters. The third-order valence-electron chi connectivity index (χ3n) is 2.01. The summed E-state index contributed by atoms with van der Waals surface area (Å²) in [6, 6.07) is 2.64. The number of rotatable bonds is 3. The lowest BCUT2D eigenvalue weighted by atomic mass is 10.2. The molecule has 0 saturated carbocycles. The first kappa shape index (κ1) is 12.0. The van der Waals surface area contributed by atoms with Crippen molar-refractivity contribution in [2.24, 2.45) is 0 Å². The van der Waals surface area contributed by atoms with Crippen LogP contribution in [0, 0.1) is 18.6 Å². The van der Waals surface area contributed by atoms with Crippen molar-refractivity contribution >= 4 is 17.3 Å². The van der Waals surface area contributed by atoms with Gasteiger partial charge in [0.2, 0.25) is 0 Å². The largest absolute Gasteiger partial charge is 0.377 e. The molecule has 1 aromatic carbocycles. The fourth-order valence-corrected chi connectivity index (χ4v) is 1.16. The van der Waals surface area contributed by atoms with Gasteiger partial charge in [0.15, 0.2) is 5.82 Å². The van der Waals surface area contributed by atoms with Crippen LogP contribution < -0.4 is 5.32 Å². The predicted octanol–water partition coefficient (Wildman–Crippen LogP) is 3.83. The third kappa shape index (κ3) is 2.93. The Bertz CT molecular complexity index is 388. The Morgan fingerprint density at radius 1 is 1.47 bits per heavy atom. The summed E-state index contributed by atoms with van der Waals surface area (Å²) in [5, 5.41) is 2.67. The fourth-order valence-electron chi connectivity index (χ4n) is 1.09. The molecule has 1 rings (SSSR count). The van der Waals surface area contributed by atoms with Gasteiger partial charge in [0, 0.05) is 12.1 Å². The average molecular weight is 232 g/mol. The maximum atomic E-state index is 13.5. The summed E-state index contributed by atoms with van der Waals surface area (Å²) in [6.07, 6.45) is 0. The van der Waals surface area contributed by atoms with E-state index in [4.69, 9.17) is 11.6 Å². The molecule has 15 heavy (non-hydrogen) atoms. The molecule has 1 nitrogen and oxygen atoms in total. The second-order valence-electron chi connectivity index (χ2n) is 3.36. The fraction of sp³-hybridized carbons (Fsp3) is 0.273. The van der Waals surface area contributed by atoms with E-state index in [0.717, 1.165) is 5.57 Å². The summed E-state index contributed by atoms with van der Waals surface area (Å²) < 4.78 is 26.7. The third-order valence-corrected chi connectivity index (χ3v) is 2.39. The molecule has 0 amide bonds. The molecule has 0 aliphatic carbocycles. The van der Waals surface area contributed by atoms with Gasteiger partial charge in [-0.2, -0.15) is 0 Å². The van der Waals surface area contributed by atoms with Crippen LogP contribution in [0.3, 0.4) is 0 Å². The second-order valence-corrected chi connectivity index (χ2v) is 3.58. The van der Waals surface area contributed by atoms with Crippen molar-refractivity contribution in [1.29, 1.82) is 0 Å². The lowest BCUT2D eigenvalue weighted by Gasteiger charge is -2.10. The van der Waals surface area contributed by atoms with Gasteiger partial charge in [-0.1, -0.05) is 17.7 Å². The first-order chi connectivity index (χ1) is 7.06. The van der Waals surface area contributed by atoms with Gasteiger partial charge in [-0.15, -0.1) is 0 Å². The Kier molecular flexibility index (Phi) is 4.09. The predicted molar refractivity (Wildman–Crippen MR) is 59.2 cm³/mol. The molecular weight excluding hydrogens is 220 g/mol. The summed E-state index contributed by atoms with van der Waals surface area (Å²) in [5.41, 5.74) is 2.48. The highest BCUT2D eigenvalue weighted by molar-refractivity contribution is 6.25. The molecule has 0 radical (unpaired) electrons. The van der Waals surface area contributed by atoms with Crippen molar-refractivity contribution in [3.63, 3.8) is 0 Å². The summed E-state index contributed by atoms with van der Waals surface area (Å²) in [6.45, 7) is 3.68. The van der Waals surface area contributed by atoms with Crippen molar-refractivity contribution in [3.05, 3.63) is 40.4 Å². The zero-order valence-corrected chi connectivity index (χ0v) is 9.33. The quantitative estimate of drug-likeness (QED) is 0.834. The minimum absolute atomic E-state index is 0.104. The molecular formula is C11H12ClF2N. The summed E-state index contributed by atoms with van der Waals surface area (Å²) >= 11 is 5.44. The van der Waals surface area contributed by atoms with E-state index in [1.165, 1.54) is 17.7 Å². The maximum Gasteiger partial charge on any atom is 0.152 e. The number of benzene rings is 1. The lowest BCUT2D eigenvalue weighted by Crippen LogP contribution is -2.07. The van der Waals surface area contributed by atoms with Gasteiger partial charge in [0.1, 0.15) is 11.5 Å². The molecule has 0 bridgehead atoms. The highest BCUT2D eigenvalue weighted by atomic mass is 35.5. The highest BCUT2D eigenvalue weighted by Crippen LogP contribution is 2.21. The van der Waals surface area contributed by atoms with Crippen LogP contribution in [0.15, 0.2) is 23.2 Å².